The van der Waals surface area contributed by atoms with Crippen LogP contribution in [0.3, 0.4) is 0 Å². The van der Waals surface area contributed by atoms with Gasteiger partial charge < -0.3 is 73.3 Å². The Morgan fingerprint density at radius 3 is 0.625 bits per heavy atom. The predicted octanol–water partition coefficient (Wildman–Crippen LogP) is 13.7. The number of likely N-dealkylation sites (N-methyl/N-ethyl adjacent to an activating group) is 2. The molecule has 4 N–H and O–H groups in total. The molecule has 0 radical (unpaired) electrons. The van der Waals surface area contributed by atoms with Crippen LogP contribution in [0.1, 0.15) is 336 Å². The minimum Gasteiger partial charge on any atom is -1.00 e. The van der Waals surface area contributed by atoms with E-state index in [4.69, 9.17) is 30.4 Å². The first kappa shape index (κ1) is 87.1. The van der Waals surface area contributed by atoms with Crippen molar-refractivity contribution in [2.75, 3.05) is 107 Å². The van der Waals surface area contributed by atoms with Crippen LogP contribution in [-0.2, 0) is 18.9 Å². The van der Waals surface area contributed by atoms with Gasteiger partial charge in [-0.15, -0.1) is 0 Å². The van der Waals surface area contributed by atoms with Crippen molar-refractivity contribution in [1.82, 2.24) is 0 Å². The smallest absolute Gasteiger partial charge is 0.130 e. The van der Waals surface area contributed by atoms with Gasteiger partial charge in [0.2, 0.25) is 0 Å². The molecule has 80 heavy (non-hydrogen) atoms. The molecule has 0 aromatic rings. The highest BCUT2D eigenvalue weighted by atomic mass is 79.9. The van der Waals surface area contributed by atoms with E-state index in [1.807, 2.05) is 0 Å². The topological polar surface area (TPSA) is 89.0 Å². The molecule has 0 aliphatic rings. The Bertz CT molecular complexity index is 1010. The molecule has 488 valence electrons. The van der Waals surface area contributed by atoms with Crippen molar-refractivity contribution >= 4 is 0 Å². The summed E-state index contributed by atoms with van der Waals surface area (Å²) in [5.41, 5.74) is 11.7. The summed E-state index contributed by atoms with van der Waals surface area (Å²) in [5, 5.41) is 0. The first-order chi connectivity index (χ1) is 38.1. The van der Waals surface area contributed by atoms with Crippen LogP contribution in [0.15, 0.2) is 0 Å². The summed E-state index contributed by atoms with van der Waals surface area (Å²) in [6.45, 7) is 19.5. The molecule has 2 unspecified atom stereocenters. The quantitative estimate of drug-likeness (QED) is 0.0466. The fraction of sp³-hybridized carbons (Fsp3) is 1.00. The predicted molar refractivity (Wildman–Crippen MR) is 347 cm³/mol. The van der Waals surface area contributed by atoms with Crippen molar-refractivity contribution < 1.29 is 61.9 Å². The highest BCUT2D eigenvalue weighted by Gasteiger charge is 2.24. The van der Waals surface area contributed by atoms with E-state index in [-0.39, 0.29) is 46.2 Å². The molecule has 0 aromatic carbocycles. The molecule has 2 atom stereocenters. The maximum Gasteiger partial charge on any atom is 0.130 e. The van der Waals surface area contributed by atoms with Gasteiger partial charge in [0.1, 0.15) is 25.3 Å². The molecule has 10 heteroatoms. The lowest BCUT2D eigenvalue weighted by molar-refractivity contribution is -0.892. The van der Waals surface area contributed by atoms with Gasteiger partial charge in [0.25, 0.3) is 0 Å². The number of nitrogens with two attached hydrogens (primary N) is 2. The highest BCUT2D eigenvalue weighted by Crippen LogP contribution is 2.17. The molecule has 0 spiro atoms. The molecular weight excluding hydrogens is 1120 g/mol. The van der Waals surface area contributed by atoms with E-state index < -0.39 is 0 Å². The monoisotopic (exact) mass is 1270 g/mol. The zero-order valence-corrected chi connectivity index (χ0v) is 59.2. The standard InChI is InChI=1S/2C35H75N2O2.2BrH/c2*1-5-7-9-11-13-15-17-19-21-23-25-27-31-38-34-35(33-37(3,4)30-29-36)39-32-28-26-24-22-20-18-16-14-12-10-8-6-2;;/h2*35H,5-34,36H2,1-4H3;2*1H/q2*+1;;/p-2. The second-order valence-electron chi connectivity index (χ2n) is 26.0. The minimum atomic E-state index is 0. The van der Waals surface area contributed by atoms with E-state index in [1.165, 1.54) is 308 Å². The lowest BCUT2D eigenvalue weighted by atomic mass is 10.1. The van der Waals surface area contributed by atoms with Crippen molar-refractivity contribution in [3.05, 3.63) is 0 Å². The lowest BCUT2D eigenvalue weighted by Crippen LogP contribution is -3.00. The average molecular weight is 1270 g/mol. The van der Waals surface area contributed by atoms with E-state index in [2.05, 4.69) is 55.9 Å². The molecule has 0 amide bonds. The molecule has 0 aliphatic carbocycles. The third kappa shape index (κ3) is 72.9. The fourth-order valence-corrected chi connectivity index (χ4v) is 11.2. The van der Waals surface area contributed by atoms with Crippen LogP contribution in [0.5, 0.6) is 0 Å². The number of ether oxygens (including phenoxy) is 4. The molecule has 0 fully saturated rings. The molecule has 0 saturated carbocycles. The number of nitrogens with zero attached hydrogens (tertiary/aromatic N) is 2. The second-order valence-corrected chi connectivity index (χ2v) is 26.0. The Kier molecular flexibility index (Phi) is 78.5. The van der Waals surface area contributed by atoms with Crippen LogP contribution >= 0.6 is 0 Å². The zero-order valence-electron chi connectivity index (χ0n) is 56.0. The summed E-state index contributed by atoms with van der Waals surface area (Å²) >= 11 is 0. The number of rotatable bonds is 66. The van der Waals surface area contributed by atoms with E-state index >= 15 is 0 Å². The van der Waals surface area contributed by atoms with Crippen LogP contribution in [0.4, 0.5) is 0 Å². The first-order valence-corrected chi connectivity index (χ1v) is 35.5. The summed E-state index contributed by atoms with van der Waals surface area (Å²) in [6.07, 6.45) is 66.7. The number of halogens is 2. The fourth-order valence-electron chi connectivity index (χ4n) is 11.2. The number of quaternary nitrogens is 2. The molecule has 0 saturated heterocycles. The second kappa shape index (κ2) is 72.1. The first-order valence-electron chi connectivity index (χ1n) is 35.5. The van der Waals surface area contributed by atoms with Crippen molar-refractivity contribution in [2.45, 2.75) is 348 Å². The summed E-state index contributed by atoms with van der Waals surface area (Å²) in [7, 11) is 9.05. The molecule has 0 aromatic heterocycles. The van der Waals surface area contributed by atoms with Crippen LogP contribution < -0.4 is 45.4 Å². The third-order valence-electron chi connectivity index (χ3n) is 16.5. The Labute approximate surface area is 525 Å². The molecular formula is C70H150Br2N4O4. The SMILES string of the molecule is CCCCCCCCCCCCCCOCC(C[N+](C)(C)CCN)OCCCCCCCCCCCCCC.CCCCCCCCCCCCCCOCC(C[N+](C)(C)CCN)OCCCCCCCCCCCCCC.[Br-].[Br-]. The van der Waals surface area contributed by atoms with E-state index in [9.17, 15) is 0 Å². The molecule has 0 aliphatic heterocycles. The van der Waals surface area contributed by atoms with Gasteiger partial charge in [-0.2, -0.15) is 0 Å². The van der Waals surface area contributed by atoms with Crippen molar-refractivity contribution in [3.8, 4) is 0 Å². The van der Waals surface area contributed by atoms with Gasteiger partial charge in [-0.1, -0.05) is 310 Å². The maximum absolute atomic E-state index is 6.35. The average Bonchev–Trinajstić information content (AvgIpc) is 3.41. The Hall–Kier alpha value is 0.640. The lowest BCUT2D eigenvalue weighted by Gasteiger charge is -2.33. The zero-order chi connectivity index (χ0) is 57.4. The molecule has 0 bridgehead atoms. The molecule has 0 rings (SSSR count). The molecule has 8 nitrogen and oxygen atoms in total. The molecule has 0 heterocycles. The van der Waals surface area contributed by atoms with E-state index in [1.54, 1.807) is 0 Å². The minimum absolute atomic E-state index is 0. The third-order valence-corrected chi connectivity index (χ3v) is 16.5. The van der Waals surface area contributed by atoms with E-state index in [0.717, 1.165) is 87.9 Å². The van der Waals surface area contributed by atoms with Gasteiger partial charge in [0, 0.05) is 39.5 Å². The van der Waals surface area contributed by atoms with Gasteiger partial charge in [0.05, 0.1) is 54.5 Å². The van der Waals surface area contributed by atoms with Gasteiger partial charge in [0.15, 0.2) is 0 Å². The van der Waals surface area contributed by atoms with Gasteiger partial charge in [-0.05, 0) is 25.7 Å². The van der Waals surface area contributed by atoms with Crippen molar-refractivity contribution in [3.63, 3.8) is 0 Å². The summed E-state index contributed by atoms with van der Waals surface area (Å²) < 4.78 is 26.7. The Morgan fingerprint density at radius 1 is 0.263 bits per heavy atom. The number of hydrogen-bond donors (Lipinski definition) is 2. The maximum atomic E-state index is 6.35. The number of hydrogen-bond acceptors (Lipinski definition) is 6. The van der Waals surface area contributed by atoms with Crippen LogP contribution in [0, 0.1) is 0 Å². The Morgan fingerprint density at radius 2 is 0.438 bits per heavy atom. The van der Waals surface area contributed by atoms with Gasteiger partial charge in [-0.3, -0.25) is 0 Å². The van der Waals surface area contributed by atoms with Gasteiger partial charge >= 0.3 is 0 Å². The van der Waals surface area contributed by atoms with Crippen molar-refractivity contribution in [2.24, 2.45) is 11.5 Å². The Balaban J connectivity index is -0.000000704. The summed E-state index contributed by atoms with van der Waals surface area (Å²) in [6, 6.07) is 0. The van der Waals surface area contributed by atoms with Crippen LogP contribution in [-0.4, -0.2) is 128 Å². The normalized spacial score (nSPS) is 12.5. The van der Waals surface area contributed by atoms with Crippen molar-refractivity contribution in [1.29, 1.82) is 0 Å². The summed E-state index contributed by atoms with van der Waals surface area (Å²) in [5.74, 6) is 0. The van der Waals surface area contributed by atoms with E-state index in [0.29, 0.717) is 0 Å². The summed E-state index contributed by atoms with van der Waals surface area (Å²) in [4.78, 5) is 0. The highest BCUT2D eigenvalue weighted by molar-refractivity contribution is 4.61. The largest absolute Gasteiger partial charge is 1.00 e. The number of unbranched alkanes of at least 4 members (excludes halogenated alkanes) is 44. The van der Waals surface area contributed by atoms with Crippen LogP contribution in [0.25, 0.3) is 0 Å². The van der Waals surface area contributed by atoms with Crippen LogP contribution in [0.2, 0.25) is 0 Å². The van der Waals surface area contributed by atoms with Gasteiger partial charge in [-0.25, -0.2) is 0 Å².